The van der Waals surface area contributed by atoms with E-state index in [2.05, 4.69) is 11.8 Å². The van der Waals surface area contributed by atoms with Crippen molar-refractivity contribution in [3.05, 3.63) is 73.7 Å². The highest BCUT2D eigenvalue weighted by molar-refractivity contribution is 7.21. The summed E-state index contributed by atoms with van der Waals surface area (Å²) in [4.78, 5) is 2.49. The summed E-state index contributed by atoms with van der Waals surface area (Å²) in [5.74, 6) is 2.82. The highest BCUT2D eigenvalue weighted by atomic mass is 32.1. The maximum Gasteiger partial charge on any atom is 0.189 e. The highest BCUT2D eigenvalue weighted by Crippen LogP contribution is 2.47. The summed E-state index contributed by atoms with van der Waals surface area (Å²) in [6, 6.07) is 20.1. The fourth-order valence-corrected chi connectivity index (χ4v) is 5.95. The first-order valence-corrected chi connectivity index (χ1v) is 13.4. The van der Waals surface area contributed by atoms with Crippen LogP contribution in [0.1, 0.15) is 25.7 Å². The second-order valence-corrected chi connectivity index (χ2v) is 10.4. The van der Waals surface area contributed by atoms with Gasteiger partial charge in [0, 0.05) is 22.2 Å². The first-order chi connectivity index (χ1) is 17.6. The number of likely N-dealkylation sites (tertiary alicyclic amines) is 1. The number of rotatable bonds is 9. The van der Waals surface area contributed by atoms with Gasteiger partial charge in [0.15, 0.2) is 5.06 Å². The van der Waals surface area contributed by atoms with Crippen molar-refractivity contribution >= 4 is 21.4 Å². The van der Waals surface area contributed by atoms with Crippen LogP contribution in [0.4, 0.5) is 0 Å². The zero-order valence-electron chi connectivity index (χ0n) is 20.4. The summed E-state index contributed by atoms with van der Waals surface area (Å²) in [5, 5.41) is 21.4. The molecule has 2 N–H and O–H groups in total. The van der Waals surface area contributed by atoms with Crippen molar-refractivity contribution in [1.82, 2.24) is 4.90 Å². The maximum atomic E-state index is 9.96. The Labute approximate surface area is 216 Å². The van der Waals surface area contributed by atoms with Crippen LogP contribution in [-0.4, -0.2) is 41.4 Å². The zero-order valence-corrected chi connectivity index (χ0v) is 21.2. The average molecular weight is 503 g/mol. The summed E-state index contributed by atoms with van der Waals surface area (Å²) >= 11 is 1.48. The van der Waals surface area contributed by atoms with Crippen LogP contribution in [-0.2, 0) is 0 Å². The SMILES string of the molecule is [CH2]CCC1CCN(CCOc2ccc(Oc3sc4cc(O)ccc4c3-c3ccc(O)cc3)cc2)CC1. The van der Waals surface area contributed by atoms with Crippen LogP contribution >= 0.6 is 11.3 Å². The van der Waals surface area contributed by atoms with Crippen LogP contribution in [0.3, 0.4) is 0 Å². The summed E-state index contributed by atoms with van der Waals surface area (Å²) in [5.41, 5.74) is 1.88. The van der Waals surface area contributed by atoms with Gasteiger partial charge in [-0.3, -0.25) is 4.90 Å². The Balaban J connectivity index is 1.24. The molecule has 1 radical (unpaired) electrons. The lowest BCUT2D eigenvalue weighted by molar-refractivity contribution is 0.152. The number of nitrogens with zero attached hydrogens (tertiary/aromatic N) is 1. The van der Waals surface area contributed by atoms with Gasteiger partial charge in [0.25, 0.3) is 0 Å². The second kappa shape index (κ2) is 11.2. The molecule has 1 aliphatic rings. The van der Waals surface area contributed by atoms with Gasteiger partial charge in [0.1, 0.15) is 29.6 Å². The number of phenols is 2. The molecule has 1 aromatic heterocycles. The third kappa shape index (κ3) is 5.77. The van der Waals surface area contributed by atoms with Crippen molar-refractivity contribution in [3.8, 4) is 39.2 Å². The molecule has 0 aliphatic carbocycles. The Morgan fingerprint density at radius 1 is 0.889 bits per heavy atom. The van der Waals surface area contributed by atoms with E-state index >= 15 is 0 Å². The molecule has 6 heteroatoms. The van der Waals surface area contributed by atoms with Crippen molar-refractivity contribution in [2.45, 2.75) is 25.7 Å². The molecule has 0 saturated carbocycles. The van der Waals surface area contributed by atoms with Crippen LogP contribution in [0.15, 0.2) is 66.7 Å². The quantitative estimate of drug-likeness (QED) is 0.248. The Kier molecular flexibility index (Phi) is 7.63. The molecule has 5 rings (SSSR count). The number of piperidine rings is 1. The fourth-order valence-electron chi connectivity index (χ4n) is 4.83. The number of benzene rings is 3. The summed E-state index contributed by atoms with van der Waals surface area (Å²) in [7, 11) is 0. The maximum absolute atomic E-state index is 9.96. The van der Waals surface area contributed by atoms with E-state index in [-0.39, 0.29) is 11.5 Å². The third-order valence-corrected chi connectivity index (χ3v) is 7.86. The van der Waals surface area contributed by atoms with E-state index in [1.54, 1.807) is 24.3 Å². The first-order valence-electron chi connectivity index (χ1n) is 12.6. The van der Waals surface area contributed by atoms with Gasteiger partial charge in [0.05, 0.1) is 0 Å². The van der Waals surface area contributed by atoms with E-state index in [1.165, 1.54) is 30.6 Å². The van der Waals surface area contributed by atoms with Gasteiger partial charge < -0.3 is 19.7 Å². The molecule has 0 bridgehead atoms. The summed E-state index contributed by atoms with van der Waals surface area (Å²) in [6.45, 7) is 7.90. The van der Waals surface area contributed by atoms with Crippen LogP contribution < -0.4 is 9.47 Å². The molecule has 3 aromatic carbocycles. The molecule has 1 fully saturated rings. The van der Waals surface area contributed by atoms with Crippen LogP contribution in [0.5, 0.6) is 28.1 Å². The predicted octanol–water partition coefficient (Wildman–Crippen LogP) is 7.48. The molecule has 187 valence electrons. The molecular formula is C30H32NO4S. The van der Waals surface area contributed by atoms with Crippen LogP contribution in [0.2, 0.25) is 0 Å². The Morgan fingerprint density at radius 3 is 2.31 bits per heavy atom. The summed E-state index contributed by atoms with van der Waals surface area (Å²) in [6.07, 6.45) is 4.83. The Morgan fingerprint density at radius 2 is 1.58 bits per heavy atom. The monoisotopic (exact) mass is 502 g/mol. The number of hydrogen-bond acceptors (Lipinski definition) is 6. The minimum Gasteiger partial charge on any atom is -0.508 e. The number of aromatic hydroxyl groups is 2. The van der Waals surface area contributed by atoms with Gasteiger partial charge in [-0.25, -0.2) is 0 Å². The molecular weight excluding hydrogens is 470 g/mol. The largest absolute Gasteiger partial charge is 0.508 e. The van der Waals surface area contributed by atoms with E-state index in [1.807, 2.05) is 42.5 Å². The van der Waals surface area contributed by atoms with Gasteiger partial charge in [-0.1, -0.05) is 43.2 Å². The molecule has 36 heavy (non-hydrogen) atoms. The molecule has 1 aliphatic heterocycles. The van der Waals surface area contributed by atoms with Crippen molar-refractivity contribution in [2.75, 3.05) is 26.2 Å². The van der Waals surface area contributed by atoms with Crippen molar-refractivity contribution < 1.29 is 19.7 Å². The van der Waals surface area contributed by atoms with Crippen molar-refractivity contribution in [2.24, 2.45) is 5.92 Å². The van der Waals surface area contributed by atoms with Gasteiger partial charge in [-0.15, -0.1) is 0 Å². The number of hydrogen-bond donors (Lipinski definition) is 2. The molecule has 0 amide bonds. The highest BCUT2D eigenvalue weighted by Gasteiger charge is 2.19. The molecule has 2 heterocycles. The fraction of sp³-hybridized carbons (Fsp3) is 0.300. The average Bonchev–Trinajstić information content (AvgIpc) is 3.23. The number of fused-ring (bicyclic) bond motifs is 1. The Hall–Kier alpha value is -3.22. The van der Waals surface area contributed by atoms with Crippen molar-refractivity contribution in [3.63, 3.8) is 0 Å². The van der Waals surface area contributed by atoms with E-state index in [0.717, 1.165) is 64.0 Å². The molecule has 0 atom stereocenters. The molecule has 0 unspecified atom stereocenters. The van der Waals surface area contributed by atoms with Gasteiger partial charge >= 0.3 is 0 Å². The topological polar surface area (TPSA) is 62.2 Å². The predicted molar refractivity (Wildman–Crippen MR) is 146 cm³/mol. The lowest BCUT2D eigenvalue weighted by Crippen LogP contribution is -2.36. The van der Waals surface area contributed by atoms with Crippen LogP contribution in [0, 0.1) is 12.8 Å². The van der Waals surface area contributed by atoms with Gasteiger partial charge in [0.2, 0.25) is 0 Å². The Bertz CT molecular complexity index is 1280. The number of ether oxygens (including phenoxy) is 2. The van der Waals surface area contributed by atoms with Gasteiger partial charge in [-0.05, 0) is 92.0 Å². The van der Waals surface area contributed by atoms with E-state index in [4.69, 9.17) is 9.47 Å². The number of phenolic OH excluding ortho intramolecular Hbond substituents is 2. The normalized spacial score (nSPS) is 14.8. The van der Waals surface area contributed by atoms with Crippen molar-refractivity contribution in [1.29, 1.82) is 0 Å². The third-order valence-electron chi connectivity index (χ3n) is 6.83. The zero-order chi connectivity index (χ0) is 24.9. The van der Waals surface area contributed by atoms with E-state index in [9.17, 15) is 10.2 Å². The molecule has 5 nitrogen and oxygen atoms in total. The minimum atomic E-state index is 0.215. The smallest absolute Gasteiger partial charge is 0.189 e. The molecule has 4 aromatic rings. The molecule has 0 spiro atoms. The standard InChI is InChI=1S/C30H32NO4S/c1-2-3-21-14-16-31(17-15-21)18-19-34-25-9-11-26(12-10-25)35-30-29(22-4-6-23(32)7-5-22)27-13-8-24(33)20-28(27)36-30/h4-13,20-21,32-33H,1-3,14-19H2. The summed E-state index contributed by atoms with van der Waals surface area (Å²) < 4.78 is 13.2. The number of thiophene rings is 1. The minimum absolute atomic E-state index is 0.215. The van der Waals surface area contributed by atoms with Gasteiger partial charge in [-0.2, -0.15) is 0 Å². The van der Waals surface area contributed by atoms with E-state index < -0.39 is 0 Å². The first kappa shape index (κ1) is 24.5. The second-order valence-electron chi connectivity index (χ2n) is 9.34. The van der Waals surface area contributed by atoms with E-state index in [0.29, 0.717) is 12.4 Å². The van der Waals surface area contributed by atoms with Crippen LogP contribution in [0.25, 0.3) is 21.2 Å². The molecule has 1 saturated heterocycles. The lowest BCUT2D eigenvalue weighted by atomic mass is 9.92. The lowest BCUT2D eigenvalue weighted by Gasteiger charge is -2.31.